The zero-order valence-corrected chi connectivity index (χ0v) is 19.1. The number of hydrogen-bond donors (Lipinski definition) is 2. The zero-order valence-electron chi connectivity index (χ0n) is 19.1. The molecule has 160 valence electrons. The normalized spacial score (nSPS) is 11.7. The van der Waals surface area contributed by atoms with Gasteiger partial charge in [0, 0.05) is 17.4 Å². The van der Waals surface area contributed by atoms with Crippen LogP contribution in [-0.2, 0) is 16.6 Å². The Labute approximate surface area is 181 Å². The first kappa shape index (κ1) is 23.7. The van der Waals surface area contributed by atoms with Crippen molar-refractivity contribution in [3.63, 3.8) is 0 Å². The van der Waals surface area contributed by atoms with E-state index < -0.39 is 11.6 Å². The van der Waals surface area contributed by atoms with Crippen LogP contribution in [-0.4, -0.2) is 21.8 Å². The number of carboxylic acids is 1. The van der Waals surface area contributed by atoms with Crippen LogP contribution >= 0.6 is 0 Å². The molecule has 0 aliphatic rings. The summed E-state index contributed by atoms with van der Waals surface area (Å²) >= 11 is 0. The van der Waals surface area contributed by atoms with Gasteiger partial charge in [-0.1, -0.05) is 56.0 Å². The van der Waals surface area contributed by atoms with Gasteiger partial charge in [0.15, 0.2) is 0 Å². The second-order valence-corrected chi connectivity index (χ2v) is 8.66. The first-order valence-electron chi connectivity index (χ1n) is 10.7. The molecule has 0 heterocycles. The van der Waals surface area contributed by atoms with Crippen LogP contribution in [0.1, 0.15) is 80.3 Å². The average Bonchev–Trinajstić information content (AvgIpc) is 2.67. The lowest BCUT2D eigenvalue weighted by atomic mass is 9.69. The predicted octanol–water partition coefficient (Wildman–Crippen LogP) is 5.55. The Morgan fingerprint density at radius 1 is 0.967 bits per heavy atom. The van der Waals surface area contributed by atoms with Crippen molar-refractivity contribution in [2.75, 3.05) is 0 Å². The highest BCUT2D eigenvalue weighted by Gasteiger charge is 2.31. The average molecular weight is 407 g/mol. The van der Waals surface area contributed by atoms with E-state index in [-0.39, 0.29) is 11.8 Å². The van der Waals surface area contributed by atoms with E-state index in [1.165, 1.54) is 11.1 Å². The van der Waals surface area contributed by atoms with Gasteiger partial charge in [-0.25, -0.2) is 0 Å². The quantitative estimate of drug-likeness (QED) is 0.593. The maximum Gasteiger partial charge on any atom is 0.303 e. The smallest absolute Gasteiger partial charge is 0.303 e. The van der Waals surface area contributed by atoms with Crippen LogP contribution in [0.25, 0.3) is 0 Å². The lowest BCUT2D eigenvalue weighted by Gasteiger charge is -2.34. The molecule has 2 aromatic rings. The third kappa shape index (κ3) is 5.52. The molecule has 0 aromatic heterocycles. The Kier molecular flexibility index (Phi) is 7.50. The molecule has 2 rings (SSSR count). The van der Waals surface area contributed by atoms with Crippen molar-refractivity contribution in [2.45, 2.75) is 78.2 Å². The van der Waals surface area contributed by atoms with Gasteiger partial charge in [-0.15, -0.1) is 0 Å². The fourth-order valence-electron chi connectivity index (χ4n) is 4.07. The minimum absolute atomic E-state index is 0.108. The minimum Gasteiger partial charge on any atom is -0.481 e. The van der Waals surface area contributed by atoms with E-state index in [9.17, 15) is 9.90 Å². The van der Waals surface area contributed by atoms with Crippen LogP contribution < -0.4 is 0 Å². The van der Waals surface area contributed by atoms with Crippen LogP contribution in [0, 0.1) is 25.7 Å². The Morgan fingerprint density at radius 2 is 1.53 bits per heavy atom. The third-order valence-electron chi connectivity index (χ3n) is 5.99. The number of carboxylic acid groups (broad SMARTS) is 1. The second-order valence-electron chi connectivity index (χ2n) is 8.66. The highest BCUT2D eigenvalue weighted by molar-refractivity contribution is 5.67. The fourth-order valence-corrected chi connectivity index (χ4v) is 4.07. The van der Waals surface area contributed by atoms with E-state index in [0.717, 1.165) is 35.1 Å². The van der Waals surface area contributed by atoms with Gasteiger partial charge in [0.1, 0.15) is 5.60 Å². The maximum absolute atomic E-state index is 10.9. The van der Waals surface area contributed by atoms with E-state index >= 15 is 0 Å². The number of hydrogen-bond acceptors (Lipinski definition) is 2. The number of aliphatic carboxylic acids is 1. The maximum atomic E-state index is 10.9. The molecule has 30 heavy (non-hydrogen) atoms. The largest absolute Gasteiger partial charge is 0.481 e. The summed E-state index contributed by atoms with van der Waals surface area (Å²) in [6.45, 7) is 11.9. The van der Waals surface area contributed by atoms with Gasteiger partial charge in [0.2, 0.25) is 0 Å². The molecule has 0 amide bonds. The highest BCUT2D eigenvalue weighted by Crippen LogP contribution is 2.40. The molecule has 0 bridgehead atoms. The van der Waals surface area contributed by atoms with Crippen molar-refractivity contribution in [1.82, 2.24) is 0 Å². The Morgan fingerprint density at radius 3 is 2.00 bits per heavy atom. The van der Waals surface area contributed by atoms with Gasteiger partial charge in [0.25, 0.3) is 0 Å². The number of benzene rings is 2. The molecule has 0 unspecified atom stereocenters. The second kappa shape index (κ2) is 9.49. The summed E-state index contributed by atoms with van der Waals surface area (Å²) in [5.74, 6) is 5.23. The predicted molar refractivity (Wildman–Crippen MR) is 123 cm³/mol. The molecule has 0 saturated heterocycles. The van der Waals surface area contributed by atoms with Gasteiger partial charge in [-0.05, 0) is 80.8 Å². The van der Waals surface area contributed by atoms with Gasteiger partial charge < -0.3 is 10.2 Å². The lowest BCUT2D eigenvalue weighted by molar-refractivity contribution is -0.136. The van der Waals surface area contributed by atoms with Gasteiger partial charge in [-0.2, -0.15) is 0 Å². The molecule has 3 nitrogen and oxygen atoms in total. The van der Waals surface area contributed by atoms with E-state index in [2.05, 4.69) is 75.9 Å². The van der Waals surface area contributed by atoms with Crippen LogP contribution in [0.4, 0.5) is 0 Å². The third-order valence-corrected chi connectivity index (χ3v) is 5.99. The van der Waals surface area contributed by atoms with E-state index in [0.29, 0.717) is 6.42 Å². The van der Waals surface area contributed by atoms with E-state index in [1.54, 1.807) is 13.8 Å². The molecule has 0 spiro atoms. The van der Waals surface area contributed by atoms with Crippen LogP contribution in [0.3, 0.4) is 0 Å². The first-order valence-corrected chi connectivity index (χ1v) is 10.7. The lowest BCUT2D eigenvalue weighted by Crippen LogP contribution is -2.26. The molecule has 2 aromatic carbocycles. The summed E-state index contributed by atoms with van der Waals surface area (Å²) in [6.07, 6.45) is 2.64. The summed E-state index contributed by atoms with van der Waals surface area (Å²) < 4.78 is 0. The van der Waals surface area contributed by atoms with Crippen molar-refractivity contribution in [3.8, 4) is 11.8 Å². The van der Waals surface area contributed by atoms with Crippen molar-refractivity contribution in [3.05, 3.63) is 69.8 Å². The molecule has 0 aliphatic heterocycles. The van der Waals surface area contributed by atoms with E-state index in [4.69, 9.17) is 5.11 Å². The van der Waals surface area contributed by atoms with Crippen molar-refractivity contribution in [1.29, 1.82) is 0 Å². The van der Waals surface area contributed by atoms with Crippen molar-refractivity contribution < 1.29 is 15.0 Å². The molecule has 2 N–H and O–H groups in total. The molecular formula is C27H34O3. The van der Waals surface area contributed by atoms with E-state index in [1.807, 2.05) is 0 Å². The minimum atomic E-state index is -1.01. The molecule has 3 heteroatoms. The molecule has 0 saturated carbocycles. The monoisotopic (exact) mass is 406 g/mol. The zero-order chi connectivity index (χ0) is 22.5. The highest BCUT2D eigenvalue weighted by atomic mass is 16.4. The van der Waals surface area contributed by atoms with Crippen molar-refractivity contribution in [2.24, 2.45) is 0 Å². The van der Waals surface area contributed by atoms with Crippen molar-refractivity contribution >= 4 is 5.97 Å². The number of aliphatic hydroxyl groups is 1. The number of aryl methyl sites for hydroxylation is 3. The molecule has 0 radical (unpaired) electrons. The van der Waals surface area contributed by atoms with Crippen LogP contribution in [0.5, 0.6) is 0 Å². The molecular weight excluding hydrogens is 372 g/mol. The molecule has 0 aliphatic carbocycles. The summed E-state index contributed by atoms with van der Waals surface area (Å²) in [5, 5.41) is 18.9. The molecule has 0 fully saturated rings. The summed E-state index contributed by atoms with van der Waals surface area (Å²) in [6, 6.07) is 12.9. The standard InChI is InChI=1S/C27H34O3/c1-7-27(8-2,23-12-9-21(19(3)17-23)11-14-25(28)29)24-13-10-22(20(4)18-24)15-16-26(5,6)30/h9-10,12-13,17-18,30H,7-8,11,14H2,1-6H3,(H,28,29). The fraction of sp³-hybridized carbons (Fsp3) is 0.444. The SMILES string of the molecule is CCC(CC)(c1ccc(C#CC(C)(C)O)c(C)c1)c1ccc(CCC(=O)O)c(C)c1. The summed E-state index contributed by atoms with van der Waals surface area (Å²) in [4.78, 5) is 10.9. The molecule has 0 atom stereocenters. The summed E-state index contributed by atoms with van der Waals surface area (Å²) in [5.41, 5.74) is 5.67. The first-order chi connectivity index (χ1) is 14.0. The number of carbonyl (C=O) groups is 1. The number of rotatable bonds is 7. The Hall–Kier alpha value is -2.57. The van der Waals surface area contributed by atoms with Gasteiger partial charge >= 0.3 is 5.97 Å². The Balaban J connectivity index is 2.47. The van der Waals surface area contributed by atoms with Crippen LogP contribution in [0.2, 0.25) is 0 Å². The van der Waals surface area contributed by atoms with Gasteiger partial charge in [-0.3, -0.25) is 4.79 Å². The summed E-state index contributed by atoms with van der Waals surface area (Å²) in [7, 11) is 0. The van der Waals surface area contributed by atoms with Gasteiger partial charge in [0.05, 0.1) is 0 Å². The topological polar surface area (TPSA) is 57.5 Å². The Bertz CT molecular complexity index is 964. The van der Waals surface area contributed by atoms with Crippen LogP contribution in [0.15, 0.2) is 36.4 Å².